The van der Waals surface area contributed by atoms with E-state index in [1.165, 1.54) is 10.6 Å². The molecule has 0 bridgehead atoms. The minimum Gasteiger partial charge on any atom is -0.311 e. The second-order valence-corrected chi connectivity index (χ2v) is 5.64. The monoisotopic (exact) mass is 349 g/mol. The van der Waals surface area contributed by atoms with Crippen molar-refractivity contribution in [3.63, 3.8) is 0 Å². The van der Waals surface area contributed by atoms with Crippen LogP contribution in [-0.2, 0) is 6.54 Å². The molecule has 3 aromatic rings. The third-order valence-electron chi connectivity index (χ3n) is 3.28. The summed E-state index contributed by atoms with van der Waals surface area (Å²) in [5.41, 5.74) is 0.365. The maximum absolute atomic E-state index is 13.2. The first-order valence-corrected chi connectivity index (χ1v) is 7.06. The van der Waals surface area contributed by atoms with Crippen LogP contribution in [-0.4, -0.2) is 4.57 Å². The summed E-state index contributed by atoms with van der Waals surface area (Å²) in [6.45, 7) is 0.193. The summed E-state index contributed by atoms with van der Waals surface area (Å²) in [4.78, 5) is 12.4. The summed E-state index contributed by atoms with van der Waals surface area (Å²) < 4.78 is 28.4. The maximum atomic E-state index is 13.2. The van der Waals surface area contributed by atoms with E-state index in [1.807, 2.05) is 18.2 Å². The minimum atomic E-state index is -0.913. The van der Waals surface area contributed by atoms with Gasteiger partial charge in [-0.2, -0.15) is 0 Å². The molecule has 0 saturated heterocycles. The average molecular weight is 350 g/mol. The lowest BCUT2D eigenvalue weighted by Crippen LogP contribution is -2.20. The SMILES string of the molecule is O=c1c2cc(Br)ccc2ccn1Cc1ccc(F)c(F)c1. The van der Waals surface area contributed by atoms with E-state index in [0.717, 1.165) is 22.0 Å². The second kappa shape index (κ2) is 5.41. The van der Waals surface area contributed by atoms with Crippen LogP contribution < -0.4 is 5.56 Å². The molecule has 0 aliphatic carbocycles. The van der Waals surface area contributed by atoms with Crippen molar-refractivity contribution < 1.29 is 8.78 Å². The van der Waals surface area contributed by atoms with Gasteiger partial charge in [0.15, 0.2) is 11.6 Å². The standard InChI is InChI=1S/C16H10BrF2NO/c17-12-3-2-11-5-6-20(16(21)13(11)8-12)9-10-1-4-14(18)15(19)7-10/h1-8H,9H2. The van der Waals surface area contributed by atoms with Gasteiger partial charge in [-0.15, -0.1) is 0 Å². The highest BCUT2D eigenvalue weighted by Crippen LogP contribution is 2.17. The molecule has 0 N–H and O–H groups in total. The number of hydrogen-bond acceptors (Lipinski definition) is 1. The smallest absolute Gasteiger partial charge is 0.258 e. The van der Waals surface area contributed by atoms with E-state index in [-0.39, 0.29) is 12.1 Å². The van der Waals surface area contributed by atoms with Gasteiger partial charge in [-0.25, -0.2) is 8.78 Å². The van der Waals surface area contributed by atoms with Crippen molar-refractivity contribution in [3.8, 4) is 0 Å². The highest BCUT2D eigenvalue weighted by molar-refractivity contribution is 9.10. The molecule has 0 amide bonds. The quantitative estimate of drug-likeness (QED) is 0.682. The fraction of sp³-hybridized carbons (Fsp3) is 0.0625. The molecule has 0 radical (unpaired) electrons. The molecule has 1 aromatic heterocycles. The van der Waals surface area contributed by atoms with Crippen molar-refractivity contribution >= 4 is 26.7 Å². The topological polar surface area (TPSA) is 22.0 Å². The fourth-order valence-electron chi connectivity index (χ4n) is 2.21. The number of nitrogens with zero attached hydrogens (tertiary/aromatic N) is 1. The van der Waals surface area contributed by atoms with Gasteiger partial charge >= 0.3 is 0 Å². The molecule has 0 unspecified atom stereocenters. The predicted octanol–water partition coefficient (Wildman–Crippen LogP) is 4.09. The molecule has 0 atom stereocenters. The van der Waals surface area contributed by atoms with Crippen LogP contribution >= 0.6 is 15.9 Å². The van der Waals surface area contributed by atoms with Crippen molar-refractivity contribution in [1.82, 2.24) is 4.57 Å². The summed E-state index contributed by atoms with van der Waals surface area (Å²) in [6.07, 6.45) is 1.65. The number of fused-ring (bicyclic) bond motifs is 1. The van der Waals surface area contributed by atoms with Crippen LogP contribution in [0.1, 0.15) is 5.56 Å². The molecule has 0 aliphatic rings. The van der Waals surface area contributed by atoms with Gasteiger partial charge in [-0.05, 0) is 41.3 Å². The van der Waals surface area contributed by atoms with E-state index in [1.54, 1.807) is 12.3 Å². The molecular weight excluding hydrogens is 340 g/mol. The molecular formula is C16H10BrF2NO. The second-order valence-electron chi connectivity index (χ2n) is 4.73. The van der Waals surface area contributed by atoms with Gasteiger partial charge in [-0.1, -0.05) is 28.1 Å². The van der Waals surface area contributed by atoms with Crippen LogP contribution in [0.3, 0.4) is 0 Å². The van der Waals surface area contributed by atoms with Crippen molar-refractivity contribution in [2.24, 2.45) is 0 Å². The van der Waals surface area contributed by atoms with Crippen LogP contribution in [0, 0.1) is 11.6 Å². The van der Waals surface area contributed by atoms with Gasteiger partial charge in [0.1, 0.15) is 0 Å². The fourth-order valence-corrected chi connectivity index (χ4v) is 2.57. The first kappa shape index (κ1) is 13.9. The maximum Gasteiger partial charge on any atom is 0.258 e. The molecule has 0 saturated carbocycles. The van der Waals surface area contributed by atoms with Gasteiger partial charge < -0.3 is 4.57 Å². The van der Waals surface area contributed by atoms with Crippen LogP contribution in [0.2, 0.25) is 0 Å². The summed E-state index contributed by atoms with van der Waals surface area (Å²) in [7, 11) is 0. The first-order valence-electron chi connectivity index (χ1n) is 6.27. The number of hydrogen-bond donors (Lipinski definition) is 0. The zero-order valence-electron chi connectivity index (χ0n) is 10.8. The van der Waals surface area contributed by atoms with Crippen molar-refractivity contribution in [1.29, 1.82) is 0 Å². The largest absolute Gasteiger partial charge is 0.311 e. The third kappa shape index (κ3) is 2.74. The molecule has 0 aliphatic heterocycles. The lowest BCUT2D eigenvalue weighted by atomic mass is 10.1. The Hall–Kier alpha value is -2.01. The summed E-state index contributed by atoms with van der Waals surface area (Å²) in [5, 5.41) is 1.42. The number of benzene rings is 2. The van der Waals surface area contributed by atoms with E-state index >= 15 is 0 Å². The van der Waals surface area contributed by atoms with E-state index in [2.05, 4.69) is 15.9 Å². The highest BCUT2D eigenvalue weighted by Gasteiger charge is 2.06. The molecule has 0 spiro atoms. The Kier molecular flexibility index (Phi) is 3.59. The molecule has 21 heavy (non-hydrogen) atoms. The Balaban J connectivity index is 2.06. The Bertz CT molecular complexity index is 889. The molecule has 2 nitrogen and oxygen atoms in total. The molecule has 3 rings (SSSR count). The van der Waals surface area contributed by atoms with Gasteiger partial charge in [-0.3, -0.25) is 4.79 Å². The third-order valence-corrected chi connectivity index (χ3v) is 3.77. The van der Waals surface area contributed by atoms with E-state index in [9.17, 15) is 13.6 Å². The predicted molar refractivity (Wildman–Crippen MR) is 81.4 cm³/mol. The number of rotatable bonds is 2. The number of aromatic nitrogens is 1. The van der Waals surface area contributed by atoms with Gasteiger partial charge in [0, 0.05) is 16.1 Å². The van der Waals surface area contributed by atoms with Crippen LogP contribution in [0.4, 0.5) is 8.78 Å². The van der Waals surface area contributed by atoms with Crippen LogP contribution in [0.5, 0.6) is 0 Å². The number of pyridine rings is 1. The first-order chi connectivity index (χ1) is 10.0. The van der Waals surface area contributed by atoms with Crippen molar-refractivity contribution in [2.45, 2.75) is 6.54 Å². The Morgan fingerprint density at radius 1 is 1.00 bits per heavy atom. The van der Waals surface area contributed by atoms with E-state index in [0.29, 0.717) is 10.9 Å². The zero-order chi connectivity index (χ0) is 15.0. The summed E-state index contributed by atoms with van der Waals surface area (Å²) in [6, 6.07) is 10.9. The van der Waals surface area contributed by atoms with E-state index in [4.69, 9.17) is 0 Å². The van der Waals surface area contributed by atoms with Crippen LogP contribution in [0.25, 0.3) is 10.8 Å². The Morgan fingerprint density at radius 3 is 2.57 bits per heavy atom. The van der Waals surface area contributed by atoms with Gasteiger partial charge in [0.2, 0.25) is 0 Å². The van der Waals surface area contributed by atoms with Gasteiger partial charge in [0.05, 0.1) is 6.54 Å². The normalized spacial score (nSPS) is 11.0. The Labute approximate surface area is 127 Å². The number of halogens is 3. The minimum absolute atomic E-state index is 0.168. The summed E-state index contributed by atoms with van der Waals surface area (Å²) in [5.74, 6) is -1.81. The molecule has 1 heterocycles. The van der Waals surface area contributed by atoms with Crippen LogP contribution in [0.15, 0.2) is 57.9 Å². The molecule has 5 heteroatoms. The average Bonchev–Trinajstić information content (AvgIpc) is 2.46. The molecule has 2 aromatic carbocycles. The molecule has 106 valence electrons. The highest BCUT2D eigenvalue weighted by atomic mass is 79.9. The Morgan fingerprint density at radius 2 is 1.81 bits per heavy atom. The van der Waals surface area contributed by atoms with Crippen molar-refractivity contribution in [2.75, 3.05) is 0 Å². The van der Waals surface area contributed by atoms with Crippen molar-refractivity contribution in [3.05, 3.63) is 80.7 Å². The lowest BCUT2D eigenvalue weighted by Gasteiger charge is -2.08. The zero-order valence-corrected chi connectivity index (χ0v) is 12.4. The lowest BCUT2D eigenvalue weighted by molar-refractivity contribution is 0.506. The molecule has 0 fully saturated rings. The van der Waals surface area contributed by atoms with Gasteiger partial charge in [0.25, 0.3) is 5.56 Å². The van der Waals surface area contributed by atoms with E-state index < -0.39 is 11.6 Å². The summed E-state index contributed by atoms with van der Waals surface area (Å²) >= 11 is 3.34.